The average molecular weight is 327 g/mol. The fraction of sp³-hybridized carbons (Fsp3) is 0.333. The van der Waals surface area contributed by atoms with E-state index in [4.69, 9.17) is 5.73 Å². The molecule has 1 saturated heterocycles. The van der Waals surface area contributed by atoms with Gasteiger partial charge in [-0.2, -0.15) is 0 Å². The number of fused-ring (bicyclic) bond motifs is 1. The largest absolute Gasteiger partial charge is 0.369 e. The van der Waals surface area contributed by atoms with Crippen LogP contribution in [0.25, 0.3) is 11.0 Å². The molecule has 0 radical (unpaired) electrons. The molecule has 0 bridgehead atoms. The first-order valence-electron chi connectivity index (χ1n) is 5.98. The fourth-order valence-electron chi connectivity index (χ4n) is 2.44. The molecule has 7 heteroatoms. The Morgan fingerprint density at radius 1 is 1.53 bits per heavy atom. The number of piperidine rings is 1. The second-order valence-electron chi connectivity index (χ2n) is 4.54. The van der Waals surface area contributed by atoms with E-state index in [2.05, 4.69) is 26.2 Å². The van der Waals surface area contributed by atoms with Crippen LogP contribution in [0.2, 0.25) is 0 Å². The first kappa shape index (κ1) is 12.4. The predicted molar refractivity (Wildman–Crippen MR) is 73.1 cm³/mol. The molecule has 1 aromatic heterocycles. The number of amides is 1. The summed E-state index contributed by atoms with van der Waals surface area (Å²) in [5, 5.41) is 2.79. The smallest absolute Gasteiger partial charge is 0.243 e. The summed E-state index contributed by atoms with van der Waals surface area (Å²) < 4.78 is 15.6. The molecule has 1 aliphatic rings. The molecule has 1 fully saturated rings. The van der Waals surface area contributed by atoms with E-state index in [1.165, 1.54) is 6.07 Å². The highest BCUT2D eigenvalue weighted by atomic mass is 79.9. The molecule has 1 unspecified atom stereocenters. The number of nitrogen functional groups attached to an aromatic ring is 1. The van der Waals surface area contributed by atoms with Crippen molar-refractivity contribution in [2.24, 2.45) is 0 Å². The highest BCUT2D eigenvalue weighted by molar-refractivity contribution is 9.10. The molecule has 1 aliphatic heterocycles. The number of nitrogens with one attached hydrogen (secondary N) is 1. The van der Waals surface area contributed by atoms with Gasteiger partial charge in [0, 0.05) is 12.6 Å². The lowest BCUT2D eigenvalue weighted by atomic mass is 10.1. The van der Waals surface area contributed by atoms with Gasteiger partial charge in [-0.1, -0.05) is 0 Å². The molecule has 100 valence electrons. The average Bonchev–Trinajstić information content (AvgIpc) is 2.66. The molecular weight excluding hydrogens is 315 g/mol. The van der Waals surface area contributed by atoms with Crippen LogP contribution in [-0.2, 0) is 4.79 Å². The Balaban J connectivity index is 2.19. The van der Waals surface area contributed by atoms with Crippen LogP contribution < -0.4 is 11.1 Å². The number of aromatic nitrogens is 2. The third-order valence-electron chi connectivity index (χ3n) is 3.33. The predicted octanol–water partition coefficient (Wildman–Crippen LogP) is 1.97. The SMILES string of the molecule is Nc1nc2cc(Br)c(F)cc2n1C1CCCNC1=O. The zero-order chi connectivity index (χ0) is 13.6. The Morgan fingerprint density at radius 2 is 2.32 bits per heavy atom. The van der Waals surface area contributed by atoms with E-state index >= 15 is 0 Å². The summed E-state index contributed by atoms with van der Waals surface area (Å²) in [6.45, 7) is 0.668. The number of carbonyl (C=O) groups excluding carboxylic acids is 1. The molecule has 0 aliphatic carbocycles. The normalized spacial score (nSPS) is 19.7. The van der Waals surface area contributed by atoms with Gasteiger partial charge in [-0.3, -0.25) is 9.36 Å². The van der Waals surface area contributed by atoms with E-state index in [1.807, 2.05) is 0 Å². The zero-order valence-electron chi connectivity index (χ0n) is 9.99. The second-order valence-corrected chi connectivity index (χ2v) is 5.40. The van der Waals surface area contributed by atoms with E-state index in [0.29, 0.717) is 28.5 Å². The number of anilines is 1. The topological polar surface area (TPSA) is 72.9 Å². The molecule has 19 heavy (non-hydrogen) atoms. The maximum atomic E-state index is 13.7. The van der Waals surface area contributed by atoms with E-state index in [9.17, 15) is 9.18 Å². The van der Waals surface area contributed by atoms with Crippen molar-refractivity contribution in [3.63, 3.8) is 0 Å². The minimum absolute atomic E-state index is 0.0967. The summed E-state index contributed by atoms with van der Waals surface area (Å²) >= 11 is 3.11. The third-order valence-corrected chi connectivity index (χ3v) is 3.93. The number of nitrogens with two attached hydrogens (primary N) is 1. The van der Waals surface area contributed by atoms with Crippen molar-refractivity contribution >= 4 is 38.8 Å². The Bertz CT molecular complexity index is 669. The van der Waals surface area contributed by atoms with E-state index in [-0.39, 0.29) is 11.9 Å². The van der Waals surface area contributed by atoms with Crippen LogP contribution in [0.3, 0.4) is 0 Å². The lowest BCUT2D eigenvalue weighted by Crippen LogP contribution is -2.38. The van der Waals surface area contributed by atoms with Crippen LogP contribution in [0.1, 0.15) is 18.9 Å². The number of carbonyl (C=O) groups is 1. The highest BCUT2D eigenvalue weighted by Gasteiger charge is 2.27. The molecule has 5 nitrogen and oxygen atoms in total. The van der Waals surface area contributed by atoms with Gasteiger partial charge in [0.1, 0.15) is 11.9 Å². The van der Waals surface area contributed by atoms with Crippen molar-refractivity contribution in [2.45, 2.75) is 18.9 Å². The quantitative estimate of drug-likeness (QED) is 0.841. The first-order valence-corrected chi connectivity index (χ1v) is 6.77. The van der Waals surface area contributed by atoms with E-state index in [1.54, 1.807) is 10.6 Å². The van der Waals surface area contributed by atoms with Crippen molar-refractivity contribution in [1.29, 1.82) is 0 Å². The molecule has 2 heterocycles. The Kier molecular flexibility index (Phi) is 2.93. The molecule has 3 rings (SSSR count). The number of hydrogen-bond acceptors (Lipinski definition) is 3. The van der Waals surface area contributed by atoms with Crippen molar-refractivity contribution < 1.29 is 9.18 Å². The third kappa shape index (κ3) is 1.98. The van der Waals surface area contributed by atoms with Crippen molar-refractivity contribution in [3.8, 4) is 0 Å². The maximum Gasteiger partial charge on any atom is 0.243 e. The van der Waals surface area contributed by atoms with Gasteiger partial charge in [0.25, 0.3) is 0 Å². The van der Waals surface area contributed by atoms with Crippen LogP contribution in [0, 0.1) is 5.82 Å². The van der Waals surface area contributed by atoms with Crippen LogP contribution in [0.15, 0.2) is 16.6 Å². The molecule has 1 atom stereocenters. The maximum absolute atomic E-state index is 13.7. The lowest BCUT2D eigenvalue weighted by molar-refractivity contribution is -0.125. The van der Waals surface area contributed by atoms with Crippen molar-refractivity contribution in [2.75, 3.05) is 12.3 Å². The first-order chi connectivity index (χ1) is 9.08. The standard InChI is InChI=1S/C12H12BrFN4O/c13-6-4-8-10(5-7(6)14)18(12(15)17-8)9-2-1-3-16-11(9)19/h4-5,9H,1-3H2,(H2,15,17)(H,16,19). The number of benzene rings is 1. The van der Waals surface area contributed by atoms with Crippen LogP contribution in [0.4, 0.5) is 10.3 Å². The second kappa shape index (κ2) is 4.48. The summed E-state index contributed by atoms with van der Waals surface area (Å²) in [7, 11) is 0. The van der Waals surface area contributed by atoms with Gasteiger partial charge in [-0.25, -0.2) is 9.37 Å². The molecule has 1 aromatic carbocycles. The van der Waals surface area contributed by atoms with Gasteiger partial charge < -0.3 is 11.1 Å². The summed E-state index contributed by atoms with van der Waals surface area (Å²) in [5.74, 6) is -0.264. The van der Waals surface area contributed by atoms with Crippen molar-refractivity contribution in [1.82, 2.24) is 14.9 Å². The van der Waals surface area contributed by atoms with Gasteiger partial charge in [0.2, 0.25) is 11.9 Å². The number of nitrogens with zero attached hydrogens (tertiary/aromatic N) is 2. The number of halogens is 2. The summed E-state index contributed by atoms with van der Waals surface area (Å²) in [6.07, 6.45) is 1.55. The van der Waals surface area contributed by atoms with Crippen LogP contribution in [0.5, 0.6) is 0 Å². The minimum atomic E-state index is -0.417. The summed E-state index contributed by atoms with van der Waals surface area (Å²) in [4.78, 5) is 16.1. The van der Waals surface area contributed by atoms with Gasteiger partial charge in [-0.15, -0.1) is 0 Å². The number of hydrogen-bond donors (Lipinski definition) is 2. The van der Waals surface area contributed by atoms with Crippen LogP contribution >= 0.6 is 15.9 Å². The molecule has 3 N–H and O–H groups in total. The van der Waals surface area contributed by atoms with Gasteiger partial charge in [-0.05, 0) is 34.8 Å². The monoisotopic (exact) mass is 326 g/mol. The number of rotatable bonds is 1. The van der Waals surface area contributed by atoms with Crippen molar-refractivity contribution in [3.05, 3.63) is 22.4 Å². The molecular formula is C12H12BrFN4O. The number of imidazole rings is 1. The van der Waals surface area contributed by atoms with Gasteiger partial charge >= 0.3 is 0 Å². The summed E-state index contributed by atoms with van der Waals surface area (Å²) in [5.41, 5.74) is 7.00. The van der Waals surface area contributed by atoms with Crippen LogP contribution in [-0.4, -0.2) is 22.0 Å². The summed E-state index contributed by atoms with van der Waals surface area (Å²) in [6, 6.07) is 2.50. The molecule has 0 saturated carbocycles. The highest BCUT2D eigenvalue weighted by Crippen LogP contribution is 2.30. The molecule has 1 amide bonds. The Labute approximate surface area is 117 Å². The lowest BCUT2D eigenvalue weighted by Gasteiger charge is -2.24. The van der Waals surface area contributed by atoms with E-state index < -0.39 is 11.9 Å². The Morgan fingerprint density at radius 3 is 3.05 bits per heavy atom. The molecule has 0 spiro atoms. The van der Waals surface area contributed by atoms with Gasteiger partial charge in [0.05, 0.1) is 15.5 Å². The fourth-order valence-corrected chi connectivity index (χ4v) is 2.77. The minimum Gasteiger partial charge on any atom is -0.369 e. The zero-order valence-corrected chi connectivity index (χ0v) is 11.6. The van der Waals surface area contributed by atoms with E-state index in [0.717, 1.165) is 6.42 Å². The van der Waals surface area contributed by atoms with Gasteiger partial charge in [0.15, 0.2) is 0 Å². The Hall–Kier alpha value is -1.63. The molecule has 2 aromatic rings.